The van der Waals surface area contributed by atoms with Gasteiger partial charge in [-0.1, -0.05) is 0 Å². The molecule has 118 valence electrons. The average Bonchev–Trinajstić information content (AvgIpc) is 2.86. The number of rotatable bonds is 6. The van der Waals surface area contributed by atoms with Gasteiger partial charge in [0, 0.05) is 42.8 Å². The summed E-state index contributed by atoms with van der Waals surface area (Å²) in [6.07, 6.45) is 1.93. The number of likely N-dealkylation sites (N-methyl/N-ethyl adjacent to an activating group) is 1. The second-order valence-corrected chi connectivity index (χ2v) is 5.43. The van der Waals surface area contributed by atoms with E-state index in [2.05, 4.69) is 4.98 Å². The summed E-state index contributed by atoms with van der Waals surface area (Å²) in [4.78, 5) is 27.2. The van der Waals surface area contributed by atoms with Crippen molar-refractivity contribution >= 4 is 22.5 Å². The zero-order valence-electron chi connectivity index (χ0n) is 12.6. The number of nitro benzene ring substituents is 1. The van der Waals surface area contributed by atoms with E-state index in [0.29, 0.717) is 18.4 Å². The number of nitro groups is 1. The number of aromatic nitrogens is 1. The topological polar surface area (TPSA) is 99.5 Å². The van der Waals surface area contributed by atoms with Crippen LogP contribution in [-0.4, -0.2) is 45.5 Å². The molecule has 0 saturated carbocycles. The van der Waals surface area contributed by atoms with Crippen molar-refractivity contribution in [1.29, 1.82) is 0 Å². The van der Waals surface area contributed by atoms with Gasteiger partial charge < -0.3 is 15.0 Å². The SMILES string of the molecule is CC(O)CCN(C)C(=O)Cc1c[nH]c2ccc([N+](=O)[O-])cc12. The van der Waals surface area contributed by atoms with Crippen LogP contribution in [0.4, 0.5) is 5.69 Å². The Morgan fingerprint density at radius 3 is 2.86 bits per heavy atom. The summed E-state index contributed by atoms with van der Waals surface area (Å²) < 4.78 is 0. The van der Waals surface area contributed by atoms with Gasteiger partial charge in [-0.05, 0) is 25.0 Å². The van der Waals surface area contributed by atoms with Crippen LogP contribution in [0.2, 0.25) is 0 Å². The largest absolute Gasteiger partial charge is 0.393 e. The number of non-ortho nitro benzene ring substituents is 1. The Kier molecular flexibility index (Phi) is 4.77. The van der Waals surface area contributed by atoms with Crippen LogP contribution >= 0.6 is 0 Å². The van der Waals surface area contributed by atoms with Gasteiger partial charge in [0.15, 0.2) is 0 Å². The molecule has 0 saturated heterocycles. The van der Waals surface area contributed by atoms with E-state index < -0.39 is 11.0 Å². The summed E-state index contributed by atoms with van der Waals surface area (Å²) in [5.41, 5.74) is 1.50. The molecule has 1 unspecified atom stereocenters. The molecule has 7 heteroatoms. The molecule has 1 aromatic heterocycles. The lowest BCUT2D eigenvalue weighted by Crippen LogP contribution is -2.30. The number of aliphatic hydroxyl groups is 1. The maximum absolute atomic E-state index is 12.2. The van der Waals surface area contributed by atoms with Gasteiger partial charge in [0.2, 0.25) is 5.91 Å². The molecule has 1 heterocycles. The Morgan fingerprint density at radius 1 is 1.50 bits per heavy atom. The smallest absolute Gasteiger partial charge is 0.270 e. The van der Waals surface area contributed by atoms with Crippen molar-refractivity contribution in [3.63, 3.8) is 0 Å². The lowest BCUT2D eigenvalue weighted by molar-refractivity contribution is -0.384. The molecular formula is C15H19N3O4. The summed E-state index contributed by atoms with van der Waals surface area (Å²) >= 11 is 0. The first-order chi connectivity index (χ1) is 10.4. The van der Waals surface area contributed by atoms with Crippen molar-refractivity contribution < 1.29 is 14.8 Å². The lowest BCUT2D eigenvalue weighted by atomic mass is 10.1. The van der Waals surface area contributed by atoms with Gasteiger partial charge in [0.1, 0.15) is 0 Å². The van der Waals surface area contributed by atoms with Crippen molar-refractivity contribution in [3.8, 4) is 0 Å². The Bertz CT molecular complexity index is 693. The molecule has 0 bridgehead atoms. The second kappa shape index (κ2) is 6.57. The highest BCUT2D eigenvalue weighted by atomic mass is 16.6. The van der Waals surface area contributed by atoms with E-state index in [1.807, 2.05) is 0 Å². The Labute approximate surface area is 127 Å². The third kappa shape index (κ3) is 3.62. The maximum atomic E-state index is 12.2. The molecule has 1 amide bonds. The second-order valence-electron chi connectivity index (χ2n) is 5.43. The van der Waals surface area contributed by atoms with Crippen molar-refractivity contribution in [3.05, 3.63) is 40.1 Å². The third-order valence-corrected chi connectivity index (χ3v) is 3.61. The molecule has 2 N–H and O–H groups in total. The van der Waals surface area contributed by atoms with Crippen molar-refractivity contribution in [2.75, 3.05) is 13.6 Å². The number of carbonyl (C=O) groups is 1. The van der Waals surface area contributed by atoms with Crippen molar-refractivity contribution in [1.82, 2.24) is 9.88 Å². The summed E-state index contributed by atoms with van der Waals surface area (Å²) in [6.45, 7) is 2.15. The standard InChI is InChI=1S/C15H19N3O4/c1-10(19)5-6-17(2)15(20)7-11-9-16-14-4-3-12(18(21)22)8-13(11)14/h3-4,8-10,16,19H,5-7H2,1-2H3. The molecule has 2 aromatic rings. The highest BCUT2D eigenvalue weighted by Gasteiger charge is 2.15. The Hall–Kier alpha value is -2.41. The van der Waals surface area contributed by atoms with E-state index in [9.17, 15) is 20.0 Å². The first-order valence-electron chi connectivity index (χ1n) is 7.05. The third-order valence-electron chi connectivity index (χ3n) is 3.61. The number of benzene rings is 1. The quantitative estimate of drug-likeness (QED) is 0.628. The van der Waals surface area contributed by atoms with E-state index in [0.717, 1.165) is 11.1 Å². The number of H-pyrrole nitrogens is 1. The zero-order valence-corrected chi connectivity index (χ0v) is 12.6. The van der Waals surface area contributed by atoms with Gasteiger partial charge in [-0.3, -0.25) is 14.9 Å². The summed E-state index contributed by atoms with van der Waals surface area (Å²) in [5, 5.41) is 20.8. The maximum Gasteiger partial charge on any atom is 0.270 e. The molecule has 22 heavy (non-hydrogen) atoms. The number of hydrogen-bond donors (Lipinski definition) is 2. The number of hydrogen-bond acceptors (Lipinski definition) is 4. The van der Waals surface area contributed by atoms with Crippen molar-refractivity contribution in [2.24, 2.45) is 0 Å². The van der Waals surface area contributed by atoms with E-state index in [-0.39, 0.29) is 18.0 Å². The molecule has 2 rings (SSSR count). The molecule has 1 atom stereocenters. The molecule has 7 nitrogen and oxygen atoms in total. The number of nitrogens with zero attached hydrogens (tertiary/aromatic N) is 2. The minimum absolute atomic E-state index is 0.00302. The van der Waals surface area contributed by atoms with E-state index in [1.54, 1.807) is 31.1 Å². The minimum Gasteiger partial charge on any atom is -0.393 e. The molecule has 0 fully saturated rings. The summed E-state index contributed by atoms with van der Waals surface area (Å²) in [6, 6.07) is 4.54. The van der Waals surface area contributed by atoms with Gasteiger partial charge in [0.25, 0.3) is 5.69 Å². The van der Waals surface area contributed by atoms with Gasteiger partial charge >= 0.3 is 0 Å². The fraction of sp³-hybridized carbons (Fsp3) is 0.400. The van der Waals surface area contributed by atoms with Crippen LogP contribution in [0.25, 0.3) is 10.9 Å². The fourth-order valence-corrected chi connectivity index (χ4v) is 2.23. The highest BCUT2D eigenvalue weighted by Crippen LogP contribution is 2.24. The normalized spacial score (nSPS) is 12.3. The summed E-state index contributed by atoms with van der Waals surface area (Å²) in [5.74, 6) is -0.0898. The average molecular weight is 305 g/mol. The van der Waals surface area contributed by atoms with Crippen LogP contribution in [-0.2, 0) is 11.2 Å². The number of amides is 1. The monoisotopic (exact) mass is 305 g/mol. The van der Waals surface area contributed by atoms with Crippen LogP contribution in [0.3, 0.4) is 0 Å². The predicted octanol–water partition coefficient (Wildman–Crippen LogP) is 1.85. The van der Waals surface area contributed by atoms with E-state index in [1.165, 1.54) is 12.1 Å². The van der Waals surface area contributed by atoms with Gasteiger partial charge in [-0.2, -0.15) is 0 Å². The Balaban J connectivity index is 2.15. The van der Waals surface area contributed by atoms with Crippen LogP contribution in [0.5, 0.6) is 0 Å². The van der Waals surface area contributed by atoms with Crippen LogP contribution in [0, 0.1) is 10.1 Å². The number of fused-ring (bicyclic) bond motifs is 1. The molecule has 0 aliphatic carbocycles. The molecule has 0 spiro atoms. The zero-order chi connectivity index (χ0) is 16.3. The lowest BCUT2D eigenvalue weighted by Gasteiger charge is -2.17. The Morgan fingerprint density at radius 2 is 2.23 bits per heavy atom. The molecular weight excluding hydrogens is 286 g/mol. The van der Waals surface area contributed by atoms with Crippen LogP contribution in [0.15, 0.2) is 24.4 Å². The first kappa shape index (κ1) is 16.0. The number of nitrogens with one attached hydrogen (secondary N) is 1. The number of carbonyl (C=O) groups excluding carboxylic acids is 1. The molecule has 0 aliphatic rings. The minimum atomic E-state index is -0.453. The molecule has 0 aliphatic heterocycles. The predicted molar refractivity (Wildman–Crippen MR) is 82.6 cm³/mol. The molecule has 0 radical (unpaired) electrons. The van der Waals surface area contributed by atoms with E-state index in [4.69, 9.17) is 0 Å². The van der Waals surface area contributed by atoms with Gasteiger partial charge in [-0.15, -0.1) is 0 Å². The first-order valence-corrected chi connectivity index (χ1v) is 7.05. The molecule has 1 aromatic carbocycles. The number of aromatic amines is 1. The summed E-state index contributed by atoms with van der Waals surface area (Å²) in [7, 11) is 1.68. The highest BCUT2D eigenvalue weighted by molar-refractivity contribution is 5.90. The van der Waals surface area contributed by atoms with Crippen LogP contribution in [0.1, 0.15) is 18.9 Å². The van der Waals surface area contributed by atoms with Crippen molar-refractivity contribution in [2.45, 2.75) is 25.9 Å². The van der Waals surface area contributed by atoms with Gasteiger partial charge in [-0.25, -0.2) is 0 Å². The van der Waals surface area contributed by atoms with Crippen LogP contribution < -0.4 is 0 Å². The van der Waals surface area contributed by atoms with E-state index >= 15 is 0 Å². The number of aliphatic hydroxyl groups excluding tert-OH is 1. The fourth-order valence-electron chi connectivity index (χ4n) is 2.23. The van der Waals surface area contributed by atoms with Gasteiger partial charge in [0.05, 0.1) is 17.4 Å².